The van der Waals surface area contributed by atoms with E-state index in [4.69, 9.17) is 34.8 Å². The Morgan fingerprint density at radius 3 is 2.52 bits per heavy atom. The van der Waals surface area contributed by atoms with Crippen LogP contribution in [-0.2, 0) is 13.6 Å². The van der Waals surface area contributed by atoms with Crippen LogP contribution in [-0.4, -0.2) is 55.8 Å². The van der Waals surface area contributed by atoms with Crippen molar-refractivity contribution in [3.8, 4) is 0 Å². The molecule has 0 radical (unpaired) electrons. The summed E-state index contributed by atoms with van der Waals surface area (Å²) in [6.45, 7) is 3.61. The minimum Gasteiger partial charge on any atom is -0.335 e. The van der Waals surface area contributed by atoms with Gasteiger partial charge in [0.2, 0.25) is 0 Å². The lowest BCUT2D eigenvalue weighted by molar-refractivity contribution is 0.0618. The van der Waals surface area contributed by atoms with Crippen molar-refractivity contribution < 1.29 is 4.79 Å². The Balaban J connectivity index is 1.39. The molecule has 3 aromatic heterocycles. The second kappa shape index (κ2) is 7.36. The number of piperazine rings is 1. The molecule has 0 N–H and O–H groups in total. The van der Waals surface area contributed by atoms with Crippen LogP contribution in [0.25, 0.3) is 5.65 Å². The van der Waals surface area contributed by atoms with Crippen LogP contribution in [0.2, 0.25) is 15.2 Å². The van der Waals surface area contributed by atoms with Gasteiger partial charge in [-0.3, -0.25) is 9.69 Å². The number of nitrogens with zero attached hydrogens (tertiary/aromatic N) is 5. The van der Waals surface area contributed by atoms with Crippen LogP contribution < -0.4 is 0 Å². The molecule has 0 bridgehead atoms. The highest BCUT2D eigenvalue weighted by atomic mass is 35.5. The van der Waals surface area contributed by atoms with Crippen molar-refractivity contribution in [3.05, 3.63) is 57.2 Å². The smallest absolute Gasteiger partial charge is 0.270 e. The molecule has 4 rings (SSSR count). The van der Waals surface area contributed by atoms with Gasteiger partial charge in [0.1, 0.15) is 16.5 Å². The molecule has 9 heteroatoms. The maximum atomic E-state index is 12.7. The Bertz CT molecular complexity index is 1000. The van der Waals surface area contributed by atoms with Crippen molar-refractivity contribution in [1.29, 1.82) is 0 Å². The minimum absolute atomic E-state index is 0.0478. The molecule has 0 aliphatic carbocycles. The van der Waals surface area contributed by atoms with Crippen LogP contribution in [0.15, 0.2) is 30.6 Å². The largest absolute Gasteiger partial charge is 0.335 e. The van der Waals surface area contributed by atoms with E-state index in [1.807, 2.05) is 33.8 Å². The number of fused-ring (bicyclic) bond motifs is 1. The Labute approximate surface area is 171 Å². The summed E-state index contributed by atoms with van der Waals surface area (Å²) in [4.78, 5) is 21.5. The zero-order valence-electron chi connectivity index (χ0n) is 14.7. The number of pyridine rings is 1. The summed E-state index contributed by atoms with van der Waals surface area (Å²) >= 11 is 18.1. The van der Waals surface area contributed by atoms with E-state index in [0.29, 0.717) is 34.0 Å². The van der Waals surface area contributed by atoms with Crippen molar-refractivity contribution >= 4 is 46.4 Å². The van der Waals surface area contributed by atoms with Gasteiger partial charge in [0.05, 0.1) is 15.7 Å². The number of rotatable bonds is 3. The van der Waals surface area contributed by atoms with Gasteiger partial charge >= 0.3 is 0 Å². The van der Waals surface area contributed by atoms with E-state index in [2.05, 4.69) is 9.88 Å². The summed E-state index contributed by atoms with van der Waals surface area (Å²) in [5.74, 6) is -0.0478. The van der Waals surface area contributed by atoms with E-state index in [-0.39, 0.29) is 5.91 Å². The fraction of sp³-hybridized carbons (Fsp3) is 0.333. The first-order valence-electron chi connectivity index (χ1n) is 8.58. The first kappa shape index (κ1) is 18.6. The van der Waals surface area contributed by atoms with Gasteiger partial charge < -0.3 is 13.9 Å². The molecule has 1 saturated heterocycles. The number of hydrogen-bond acceptors (Lipinski definition) is 3. The quantitative estimate of drug-likeness (QED) is 0.643. The fourth-order valence-corrected chi connectivity index (χ4v) is 3.88. The van der Waals surface area contributed by atoms with Gasteiger partial charge in [-0.25, -0.2) is 4.98 Å². The van der Waals surface area contributed by atoms with E-state index in [9.17, 15) is 4.79 Å². The average Bonchev–Trinajstić information content (AvgIpc) is 3.16. The lowest BCUT2D eigenvalue weighted by atomic mass is 10.2. The molecule has 1 amide bonds. The molecule has 0 unspecified atom stereocenters. The zero-order valence-corrected chi connectivity index (χ0v) is 17.0. The van der Waals surface area contributed by atoms with Crippen molar-refractivity contribution in [2.45, 2.75) is 6.54 Å². The standard InChI is InChI=1S/C18H18Cl3N5O/c1-23-15(8-14(20)17(23)21)18(27)25-6-4-24(5-7-25)10-13-11-26-9-12(19)2-3-16(26)22-13/h2-3,8-9,11H,4-7,10H2,1H3. The van der Waals surface area contributed by atoms with E-state index in [1.54, 1.807) is 17.7 Å². The zero-order chi connectivity index (χ0) is 19.1. The third kappa shape index (κ3) is 3.67. The summed E-state index contributed by atoms with van der Waals surface area (Å²) in [6.07, 6.45) is 3.84. The van der Waals surface area contributed by atoms with Gasteiger partial charge in [-0.1, -0.05) is 34.8 Å². The molecule has 142 valence electrons. The monoisotopic (exact) mass is 425 g/mol. The Morgan fingerprint density at radius 1 is 1.11 bits per heavy atom. The highest BCUT2D eigenvalue weighted by molar-refractivity contribution is 6.41. The molecule has 1 fully saturated rings. The molecule has 1 aliphatic rings. The third-order valence-electron chi connectivity index (χ3n) is 4.85. The van der Waals surface area contributed by atoms with Crippen LogP contribution in [0.5, 0.6) is 0 Å². The SMILES string of the molecule is Cn1c(C(=O)N2CCN(Cc3cn4cc(Cl)ccc4n3)CC2)cc(Cl)c1Cl. The Morgan fingerprint density at radius 2 is 1.85 bits per heavy atom. The number of amides is 1. The highest BCUT2D eigenvalue weighted by Crippen LogP contribution is 2.26. The predicted molar refractivity (Wildman–Crippen MR) is 107 cm³/mol. The molecule has 1 aliphatic heterocycles. The van der Waals surface area contributed by atoms with Gasteiger partial charge in [-0.15, -0.1) is 0 Å². The Hall–Kier alpha value is -1.73. The van der Waals surface area contributed by atoms with Gasteiger partial charge in [0.15, 0.2) is 0 Å². The predicted octanol–water partition coefficient (Wildman–Crippen LogP) is 3.59. The van der Waals surface area contributed by atoms with E-state index in [1.165, 1.54) is 0 Å². The molecule has 6 nitrogen and oxygen atoms in total. The van der Waals surface area contributed by atoms with E-state index in [0.717, 1.165) is 31.0 Å². The first-order chi connectivity index (χ1) is 12.9. The van der Waals surface area contributed by atoms with Crippen LogP contribution in [0.3, 0.4) is 0 Å². The van der Waals surface area contributed by atoms with Crippen LogP contribution in [0, 0.1) is 0 Å². The second-order valence-electron chi connectivity index (χ2n) is 6.64. The third-order valence-corrected chi connectivity index (χ3v) is 5.91. The number of carbonyl (C=O) groups excluding carboxylic acids is 1. The number of imidazole rings is 1. The summed E-state index contributed by atoms with van der Waals surface area (Å²) in [5, 5.41) is 1.46. The van der Waals surface area contributed by atoms with Crippen molar-refractivity contribution in [1.82, 2.24) is 23.8 Å². The molecular weight excluding hydrogens is 409 g/mol. The fourth-order valence-electron chi connectivity index (χ4n) is 3.34. The molecule has 4 heterocycles. The van der Waals surface area contributed by atoms with Gasteiger partial charge in [0.25, 0.3) is 5.91 Å². The Kier molecular flexibility index (Phi) is 5.07. The number of hydrogen-bond donors (Lipinski definition) is 0. The van der Waals surface area contributed by atoms with Crippen molar-refractivity contribution in [3.63, 3.8) is 0 Å². The number of carbonyl (C=O) groups is 1. The maximum Gasteiger partial charge on any atom is 0.270 e. The highest BCUT2D eigenvalue weighted by Gasteiger charge is 2.25. The van der Waals surface area contributed by atoms with Crippen LogP contribution in [0.4, 0.5) is 0 Å². The lowest BCUT2D eigenvalue weighted by Crippen LogP contribution is -2.48. The van der Waals surface area contributed by atoms with Crippen LogP contribution >= 0.6 is 34.8 Å². The summed E-state index contributed by atoms with van der Waals surface area (Å²) in [5.41, 5.74) is 2.37. The van der Waals surface area contributed by atoms with E-state index < -0.39 is 0 Å². The normalized spacial score (nSPS) is 15.6. The van der Waals surface area contributed by atoms with Gasteiger partial charge in [-0.05, 0) is 18.2 Å². The molecule has 0 atom stereocenters. The minimum atomic E-state index is -0.0478. The van der Waals surface area contributed by atoms with Crippen LogP contribution in [0.1, 0.15) is 16.2 Å². The van der Waals surface area contributed by atoms with Gasteiger partial charge in [-0.2, -0.15) is 0 Å². The first-order valence-corrected chi connectivity index (χ1v) is 9.71. The molecule has 27 heavy (non-hydrogen) atoms. The summed E-state index contributed by atoms with van der Waals surface area (Å²) < 4.78 is 3.56. The average molecular weight is 427 g/mol. The van der Waals surface area contributed by atoms with Gasteiger partial charge in [0, 0.05) is 52.2 Å². The maximum absolute atomic E-state index is 12.7. The van der Waals surface area contributed by atoms with E-state index >= 15 is 0 Å². The molecular formula is C18H18Cl3N5O. The lowest BCUT2D eigenvalue weighted by Gasteiger charge is -2.34. The number of halogens is 3. The van der Waals surface area contributed by atoms with Crippen molar-refractivity contribution in [2.75, 3.05) is 26.2 Å². The summed E-state index contributed by atoms with van der Waals surface area (Å²) in [6, 6.07) is 5.36. The molecule has 0 aromatic carbocycles. The molecule has 3 aromatic rings. The molecule has 0 spiro atoms. The summed E-state index contributed by atoms with van der Waals surface area (Å²) in [7, 11) is 1.74. The number of aromatic nitrogens is 3. The second-order valence-corrected chi connectivity index (χ2v) is 7.84. The molecule has 0 saturated carbocycles. The van der Waals surface area contributed by atoms with Crippen molar-refractivity contribution in [2.24, 2.45) is 7.05 Å². The topological polar surface area (TPSA) is 45.8 Å².